The van der Waals surface area contributed by atoms with Crippen molar-refractivity contribution in [2.24, 2.45) is 5.92 Å². The molecule has 0 aromatic heterocycles. The maximum Gasteiger partial charge on any atom is 0.378 e. The van der Waals surface area contributed by atoms with Crippen molar-refractivity contribution in [3.8, 4) is 0 Å². The summed E-state index contributed by atoms with van der Waals surface area (Å²) in [6.45, 7) is 0. The van der Waals surface area contributed by atoms with Crippen molar-refractivity contribution < 1.29 is 120 Å². The zero-order valence-corrected chi connectivity index (χ0v) is 29.0. The highest BCUT2D eigenvalue weighted by molar-refractivity contribution is 5.87. The highest BCUT2D eigenvalue weighted by Crippen LogP contribution is 2.36. The number of aliphatic carboxylic acids is 1. The van der Waals surface area contributed by atoms with E-state index in [2.05, 4.69) is 9.78 Å². The highest BCUT2D eigenvalue weighted by atomic mass is 17.1. The maximum atomic E-state index is 13.0. The van der Waals surface area contributed by atoms with E-state index < -0.39 is 152 Å². The predicted molar refractivity (Wildman–Crippen MR) is 172 cm³/mol. The van der Waals surface area contributed by atoms with Crippen molar-refractivity contribution in [3.05, 3.63) is 47.7 Å². The van der Waals surface area contributed by atoms with Crippen LogP contribution in [0.25, 0.3) is 0 Å². The number of esters is 3. The second-order valence-corrected chi connectivity index (χ2v) is 13.0. The van der Waals surface area contributed by atoms with E-state index in [0.717, 1.165) is 24.3 Å². The molecular formula is C32H44O24. The lowest BCUT2D eigenvalue weighted by Crippen LogP contribution is -2.66. The number of carboxylic acid groups (broad SMARTS) is 1. The molecule has 3 aliphatic heterocycles. The van der Waals surface area contributed by atoms with Gasteiger partial charge in [-0.3, -0.25) is 14.8 Å². The smallest absolute Gasteiger partial charge is 0.378 e. The van der Waals surface area contributed by atoms with E-state index in [0.29, 0.717) is 6.08 Å². The van der Waals surface area contributed by atoms with Gasteiger partial charge in [0.15, 0.2) is 30.4 Å². The average Bonchev–Trinajstić information content (AvgIpc) is 3.14. The molecule has 13 atom stereocenters. The van der Waals surface area contributed by atoms with Crippen LogP contribution in [0.1, 0.15) is 38.5 Å². The van der Waals surface area contributed by atoms with Gasteiger partial charge < -0.3 is 85.1 Å². The van der Waals surface area contributed by atoms with Crippen LogP contribution in [0.5, 0.6) is 0 Å². The minimum absolute atomic E-state index is 0.129. The summed E-state index contributed by atoms with van der Waals surface area (Å²) < 4.78 is 20.0. The number of carbonyl (C=O) groups is 4. The number of hydrogen-bond donors (Lipinski definition) is 14. The third kappa shape index (κ3) is 11.9. The van der Waals surface area contributed by atoms with Gasteiger partial charge in [0.25, 0.3) is 5.76 Å². The molecule has 3 rings (SSSR count). The number of carboxylic acids is 1. The lowest BCUT2D eigenvalue weighted by molar-refractivity contribution is -0.371. The molecule has 4 unspecified atom stereocenters. The van der Waals surface area contributed by atoms with Gasteiger partial charge in [0, 0.05) is 18.9 Å². The first-order valence-electron chi connectivity index (χ1n) is 16.7. The molecule has 0 spiro atoms. The van der Waals surface area contributed by atoms with E-state index in [9.17, 15) is 85.9 Å². The second-order valence-electron chi connectivity index (χ2n) is 13.0. The quantitative estimate of drug-likeness (QED) is 0.0311. The molecule has 0 aromatic rings. The Labute approximate surface area is 315 Å². The molecule has 0 amide bonds. The van der Waals surface area contributed by atoms with Gasteiger partial charge in [0.1, 0.15) is 42.4 Å². The van der Waals surface area contributed by atoms with Crippen molar-refractivity contribution in [1.82, 2.24) is 0 Å². The zero-order valence-electron chi connectivity index (χ0n) is 29.0. The molecule has 56 heavy (non-hydrogen) atoms. The van der Waals surface area contributed by atoms with Crippen LogP contribution in [0.15, 0.2) is 47.7 Å². The summed E-state index contributed by atoms with van der Waals surface area (Å²) in [4.78, 5) is 57.3. The van der Waals surface area contributed by atoms with Crippen LogP contribution < -0.4 is 0 Å². The number of aliphatic hydroxyl groups excluding tert-OH is 9. The molecule has 0 bridgehead atoms. The van der Waals surface area contributed by atoms with Crippen LogP contribution in [0, 0.1) is 5.92 Å². The van der Waals surface area contributed by atoms with Gasteiger partial charge in [0.05, 0.1) is 30.3 Å². The number of aliphatic hydroxyl groups is 11. The van der Waals surface area contributed by atoms with Crippen molar-refractivity contribution >= 4 is 23.9 Å². The fraction of sp³-hybridized carbons (Fsp3) is 0.625. The summed E-state index contributed by atoms with van der Waals surface area (Å²) in [6.07, 6.45) is -26.1. The van der Waals surface area contributed by atoms with Crippen LogP contribution in [-0.2, 0) is 47.9 Å². The third-order valence-corrected chi connectivity index (χ3v) is 8.95. The van der Waals surface area contributed by atoms with E-state index in [4.69, 9.17) is 24.1 Å². The minimum Gasteiger partial charge on any atom is -0.512 e. The number of allylic oxidation sites excluding steroid dienone is 3. The molecule has 24 nitrogen and oxygen atoms in total. The molecular weight excluding hydrogens is 768 g/mol. The Balaban J connectivity index is 1.91. The van der Waals surface area contributed by atoms with E-state index in [1.807, 2.05) is 0 Å². The molecule has 14 N–H and O–H groups in total. The first kappa shape index (κ1) is 46.1. The van der Waals surface area contributed by atoms with Gasteiger partial charge >= 0.3 is 23.9 Å². The lowest BCUT2D eigenvalue weighted by Gasteiger charge is -2.47. The third-order valence-electron chi connectivity index (χ3n) is 8.95. The first-order chi connectivity index (χ1) is 26.2. The fourth-order valence-corrected chi connectivity index (χ4v) is 5.83. The summed E-state index contributed by atoms with van der Waals surface area (Å²) in [7, 11) is 0. The minimum atomic E-state index is -3.29. The number of cyclic esters (lactones) is 2. The van der Waals surface area contributed by atoms with Crippen LogP contribution in [0.2, 0.25) is 0 Å². The van der Waals surface area contributed by atoms with E-state index in [1.165, 1.54) is 0 Å². The maximum absolute atomic E-state index is 13.0. The van der Waals surface area contributed by atoms with Crippen molar-refractivity contribution in [1.29, 1.82) is 0 Å². The van der Waals surface area contributed by atoms with Crippen molar-refractivity contribution in [2.75, 3.05) is 0 Å². The van der Waals surface area contributed by atoms with E-state index in [-0.39, 0.29) is 12.8 Å². The van der Waals surface area contributed by atoms with Gasteiger partial charge in [-0.05, 0) is 37.5 Å². The predicted octanol–water partition coefficient (Wildman–Crippen LogP) is -3.97. The first-order valence-corrected chi connectivity index (χ1v) is 16.7. The molecule has 0 aromatic carbocycles. The van der Waals surface area contributed by atoms with Gasteiger partial charge in [-0.25, -0.2) is 19.7 Å². The van der Waals surface area contributed by atoms with Crippen molar-refractivity contribution in [2.45, 2.75) is 118 Å². The van der Waals surface area contributed by atoms with Crippen LogP contribution in [0.3, 0.4) is 0 Å². The number of carbonyl (C=O) groups excluding carboxylic acids is 3. The number of hydrogen-bond acceptors (Lipinski definition) is 23. The Kier molecular flexibility index (Phi) is 16.7. The normalized spacial score (nSPS) is 37.5. The van der Waals surface area contributed by atoms with Crippen molar-refractivity contribution in [3.63, 3.8) is 0 Å². The molecule has 0 saturated carbocycles. The standard InChI is InChI=1S/C32H44O24/c33-13-2-1-3-17(55-49)25(53-31(47)19(56-50)10-14(34)5-6-15(35)16(36)9-13)23(39)24(40)27(41)32(48)11-20(22(38)26(54-32)29(44)45)51-21(37)8-12-4-7-18(28(42)43)52-30(12)46/h1-3,5,10,12,15-18,20,22-27,29,33-36,38-41,44-45,48-50H,4,6-9,11H2,(H,42,43)/b3-1+,13-2-,14-5-,19-10-/t12?,15-,16?,17+,18+,20-,22+,23+,24-,25?,26?,27+,32-/m1/s1. The Hall–Kier alpha value is -4.28. The summed E-state index contributed by atoms with van der Waals surface area (Å²) in [6, 6.07) is 0. The Morgan fingerprint density at radius 3 is 2.23 bits per heavy atom. The molecule has 24 heteroatoms. The van der Waals surface area contributed by atoms with Gasteiger partial charge in [0.2, 0.25) is 0 Å². The van der Waals surface area contributed by atoms with Crippen LogP contribution in [0.4, 0.5) is 0 Å². The second kappa shape index (κ2) is 20.2. The van der Waals surface area contributed by atoms with Gasteiger partial charge in [-0.1, -0.05) is 6.08 Å². The van der Waals surface area contributed by atoms with Gasteiger partial charge in [-0.15, -0.1) is 0 Å². The number of ether oxygens (including phenoxy) is 4. The molecule has 316 valence electrons. The zero-order chi connectivity index (χ0) is 42.1. The molecule has 3 aliphatic rings. The molecule has 3 heterocycles. The largest absolute Gasteiger partial charge is 0.512 e. The molecule has 2 fully saturated rings. The van der Waals surface area contributed by atoms with E-state index in [1.54, 1.807) is 0 Å². The number of rotatable bonds is 11. The molecule has 0 radical (unpaired) electrons. The average molecular weight is 813 g/mol. The summed E-state index contributed by atoms with van der Waals surface area (Å²) in [5.74, 6) is -12.7. The summed E-state index contributed by atoms with van der Waals surface area (Å²) in [5.41, 5.74) is 0. The monoisotopic (exact) mass is 812 g/mol. The Bertz CT molecular complexity index is 1510. The summed E-state index contributed by atoms with van der Waals surface area (Å²) in [5, 5.41) is 144. The Morgan fingerprint density at radius 2 is 1.64 bits per heavy atom. The molecule has 2 saturated heterocycles. The van der Waals surface area contributed by atoms with E-state index >= 15 is 0 Å². The summed E-state index contributed by atoms with van der Waals surface area (Å²) >= 11 is 0. The Morgan fingerprint density at radius 1 is 0.964 bits per heavy atom. The van der Waals surface area contributed by atoms with Crippen LogP contribution in [-0.4, -0.2) is 175 Å². The fourth-order valence-electron chi connectivity index (χ4n) is 5.83. The topological polar surface area (TPSA) is 407 Å². The lowest BCUT2D eigenvalue weighted by atomic mass is 9.86. The SMILES string of the molecule is O=C(CC1CC[C@@H](C(=O)O)OC1=O)O[C@@H]1C[C@](O)([C@@H](O)[C@H](O)[C@H](O)C2OC(=O)/C(OO)=C/C(O)=C/C[C@@H](O)C(O)C/C(O)=C/C=C/[C@@H]2OO)OC(C(O)O)[C@H]1O. The highest BCUT2D eigenvalue weighted by Gasteiger charge is 2.56. The molecule has 0 aliphatic carbocycles. The van der Waals surface area contributed by atoms with Crippen LogP contribution >= 0.6 is 0 Å². The van der Waals surface area contributed by atoms with Gasteiger partial charge in [-0.2, -0.15) is 0 Å².